The topological polar surface area (TPSA) is 108 Å². The fourth-order valence-electron chi connectivity index (χ4n) is 2.48. The van der Waals surface area contributed by atoms with Gasteiger partial charge in [0.2, 0.25) is 5.95 Å². The highest BCUT2D eigenvalue weighted by Crippen LogP contribution is 2.35. The number of hydrogen-bond acceptors (Lipinski definition) is 7. The molecule has 0 bridgehead atoms. The fourth-order valence-corrected chi connectivity index (χ4v) is 2.48. The number of anilines is 4. The summed E-state index contributed by atoms with van der Waals surface area (Å²) in [5, 5.41) is 17.3. The molecule has 0 fully saturated rings. The molecule has 31 heavy (non-hydrogen) atoms. The molecule has 1 amide bonds. The van der Waals surface area contributed by atoms with Gasteiger partial charge in [-0.2, -0.15) is 18.2 Å². The van der Waals surface area contributed by atoms with E-state index in [0.717, 1.165) is 0 Å². The number of phenolic OH excluding ortho intramolecular Hbond substituents is 1. The highest BCUT2D eigenvalue weighted by molar-refractivity contribution is 5.77. The fraction of sp³-hybridized carbons (Fsp3) is 0.150. The van der Waals surface area contributed by atoms with E-state index in [-0.39, 0.29) is 29.9 Å². The molecule has 0 aliphatic carbocycles. The molecule has 0 aliphatic heterocycles. The Kier molecular flexibility index (Phi) is 6.43. The molecule has 162 valence electrons. The third kappa shape index (κ3) is 5.98. The number of aromatic hydroxyl groups is 1. The Hall–Kier alpha value is -4.02. The van der Waals surface area contributed by atoms with Crippen molar-refractivity contribution in [3.05, 3.63) is 60.3 Å². The van der Waals surface area contributed by atoms with Gasteiger partial charge in [0.1, 0.15) is 22.9 Å². The highest BCUT2D eigenvalue weighted by Gasteiger charge is 2.35. The minimum atomic E-state index is -4.69. The third-order valence-corrected chi connectivity index (χ3v) is 3.94. The van der Waals surface area contributed by atoms with Gasteiger partial charge in [-0.3, -0.25) is 4.79 Å². The highest BCUT2D eigenvalue weighted by atomic mass is 19.4. The Morgan fingerprint density at radius 3 is 2.48 bits per heavy atom. The lowest BCUT2D eigenvalue weighted by Crippen LogP contribution is -2.24. The minimum absolute atomic E-state index is 0.0981. The number of aromatic nitrogens is 2. The first-order valence-electron chi connectivity index (χ1n) is 8.95. The molecule has 0 saturated carbocycles. The van der Waals surface area contributed by atoms with Gasteiger partial charge in [0, 0.05) is 36.8 Å². The van der Waals surface area contributed by atoms with E-state index in [0.29, 0.717) is 17.6 Å². The summed E-state index contributed by atoms with van der Waals surface area (Å²) in [7, 11) is 1.48. The van der Waals surface area contributed by atoms with E-state index in [1.165, 1.54) is 31.3 Å². The molecule has 3 rings (SSSR count). The molecule has 0 aliphatic rings. The molecule has 0 atom stereocenters. The average molecular weight is 433 g/mol. The van der Waals surface area contributed by atoms with Crippen LogP contribution >= 0.6 is 0 Å². The van der Waals surface area contributed by atoms with Crippen LogP contribution in [0.15, 0.2) is 54.7 Å². The number of likely N-dealkylation sites (N-methyl/N-ethyl adjacent to an activating group) is 1. The van der Waals surface area contributed by atoms with Crippen molar-refractivity contribution < 1.29 is 27.8 Å². The molecule has 1 aromatic heterocycles. The summed E-state index contributed by atoms with van der Waals surface area (Å²) >= 11 is 0. The van der Waals surface area contributed by atoms with E-state index in [4.69, 9.17) is 4.74 Å². The SMILES string of the molecule is CNC(=O)COc1cccc(Nc2ncc(C(F)(F)F)c(Nc3cccc(O)c3)n2)c1. The summed E-state index contributed by atoms with van der Waals surface area (Å²) in [6.45, 7) is -0.186. The van der Waals surface area contributed by atoms with E-state index in [1.54, 1.807) is 24.3 Å². The number of hydrogen-bond donors (Lipinski definition) is 4. The number of carbonyl (C=O) groups excluding carboxylic acids is 1. The molecule has 2 aromatic carbocycles. The van der Waals surface area contributed by atoms with Crippen LogP contribution in [-0.4, -0.2) is 34.6 Å². The van der Waals surface area contributed by atoms with Crippen molar-refractivity contribution in [2.24, 2.45) is 0 Å². The number of rotatable bonds is 7. The molecule has 4 N–H and O–H groups in total. The first-order valence-corrected chi connectivity index (χ1v) is 8.95. The van der Waals surface area contributed by atoms with E-state index >= 15 is 0 Å². The second-order valence-corrected chi connectivity index (χ2v) is 6.24. The van der Waals surface area contributed by atoms with Crippen LogP contribution in [0.4, 0.5) is 36.3 Å². The minimum Gasteiger partial charge on any atom is -0.508 e. The van der Waals surface area contributed by atoms with E-state index in [2.05, 4.69) is 25.9 Å². The molecule has 0 radical (unpaired) electrons. The number of halogens is 3. The van der Waals surface area contributed by atoms with Gasteiger partial charge in [-0.1, -0.05) is 12.1 Å². The average Bonchev–Trinajstić information content (AvgIpc) is 2.71. The van der Waals surface area contributed by atoms with Crippen LogP contribution in [0, 0.1) is 0 Å². The van der Waals surface area contributed by atoms with Crippen molar-refractivity contribution in [3.63, 3.8) is 0 Å². The van der Waals surface area contributed by atoms with Gasteiger partial charge in [0.15, 0.2) is 6.61 Å². The van der Waals surface area contributed by atoms with Crippen LogP contribution in [0.25, 0.3) is 0 Å². The first kappa shape index (κ1) is 21.7. The zero-order valence-electron chi connectivity index (χ0n) is 16.2. The molecule has 11 heteroatoms. The number of alkyl halides is 3. The maximum Gasteiger partial charge on any atom is 0.421 e. The van der Waals surface area contributed by atoms with Crippen LogP contribution in [0.3, 0.4) is 0 Å². The van der Waals surface area contributed by atoms with Crippen molar-refractivity contribution in [1.82, 2.24) is 15.3 Å². The number of benzene rings is 2. The molecule has 1 heterocycles. The lowest BCUT2D eigenvalue weighted by molar-refractivity contribution is -0.137. The largest absolute Gasteiger partial charge is 0.508 e. The van der Waals surface area contributed by atoms with Crippen LogP contribution in [0.1, 0.15) is 5.56 Å². The summed E-state index contributed by atoms with van der Waals surface area (Å²) < 4.78 is 45.5. The first-order chi connectivity index (χ1) is 14.7. The molecule has 0 unspecified atom stereocenters. The maximum absolute atomic E-state index is 13.4. The molecular weight excluding hydrogens is 415 g/mol. The normalized spacial score (nSPS) is 11.0. The third-order valence-electron chi connectivity index (χ3n) is 3.94. The van der Waals surface area contributed by atoms with Gasteiger partial charge >= 0.3 is 6.18 Å². The number of nitrogens with one attached hydrogen (secondary N) is 3. The number of ether oxygens (including phenoxy) is 1. The molecular formula is C20H18F3N5O3. The summed E-state index contributed by atoms with van der Waals surface area (Å²) in [4.78, 5) is 19.0. The van der Waals surface area contributed by atoms with Gasteiger partial charge in [-0.05, 0) is 24.3 Å². The summed E-state index contributed by atoms with van der Waals surface area (Å²) in [6, 6.07) is 12.1. The summed E-state index contributed by atoms with van der Waals surface area (Å²) in [5.74, 6) is -0.632. The standard InChI is InChI=1S/C20H18F3N5O3/c1-24-17(30)11-31-15-7-3-5-13(9-15)27-19-25-10-16(20(21,22)23)18(28-19)26-12-4-2-6-14(29)8-12/h2-10,29H,11H2,1H3,(H,24,30)(H2,25,26,27,28). The second-order valence-electron chi connectivity index (χ2n) is 6.24. The van der Waals surface area contributed by atoms with Crippen LogP contribution < -0.4 is 20.7 Å². The number of amides is 1. The second kappa shape index (κ2) is 9.20. The van der Waals surface area contributed by atoms with Crippen molar-refractivity contribution in [2.45, 2.75) is 6.18 Å². The molecule has 8 nitrogen and oxygen atoms in total. The lowest BCUT2D eigenvalue weighted by atomic mass is 10.2. The smallest absolute Gasteiger partial charge is 0.421 e. The predicted octanol–water partition coefficient (Wildman–Crippen LogP) is 3.81. The van der Waals surface area contributed by atoms with Crippen molar-refractivity contribution in [2.75, 3.05) is 24.3 Å². The Labute approximate surface area is 175 Å². The number of nitrogens with zero attached hydrogens (tertiary/aromatic N) is 2. The summed E-state index contributed by atoms with van der Waals surface area (Å²) in [6.07, 6.45) is -4.03. The van der Waals surface area contributed by atoms with Crippen molar-refractivity contribution in [1.29, 1.82) is 0 Å². The number of carbonyl (C=O) groups is 1. The van der Waals surface area contributed by atoms with Crippen LogP contribution in [0.5, 0.6) is 11.5 Å². The van der Waals surface area contributed by atoms with Gasteiger partial charge in [0.05, 0.1) is 0 Å². The van der Waals surface area contributed by atoms with Crippen LogP contribution in [0.2, 0.25) is 0 Å². The van der Waals surface area contributed by atoms with Gasteiger partial charge < -0.3 is 25.8 Å². The van der Waals surface area contributed by atoms with Crippen molar-refractivity contribution >= 4 is 29.0 Å². The number of phenols is 1. The maximum atomic E-state index is 13.4. The quantitative estimate of drug-likeness (QED) is 0.449. The van der Waals surface area contributed by atoms with E-state index in [1.807, 2.05) is 0 Å². The van der Waals surface area contributed by atoms with Gasteiger partial charge in [0.25, 0.3) is 5.91 Å². The Balaban J connectivity index is 1.84. The van der Waals surface area contributed by atoms with Crippen molar-refractivity contribution in [3.8, 4) is 11.5 Å². The monoisotopic (exact) mass is 433 g/mol. The summed E-state index contributed by atoms with van der Waals surface area (Å²) in [5.41, 5.74) is -0.402. The van der Waals surface area contributed by atoms with E-state index in [9.17, 15) is 23.1 Å². The molecule has 0 spiro atoms. The zero-order valence-corrected chi connectivity index (χ0v) is 16.2. The molecule has 0 saturated heterocycles. The Morgan fingerprint density at radius 2 is 1.81 bits per heavy atom. The Bertz CT molecular complexity index is 1080. The molecule has 3 aromatic rings. The lowest BCUT2D eigenvalue weighted by Gasteiger charge is -2.15. The van der Waals surface area contributed by atoms with Gasteiger partial charge in [-0.25, -0.2) is 4.98 Å². The Morgan fingerprint density at radius 1 is 1.10 bits per heavy atom. The van der Waals surface area contributed by atoms with Crippen LogP contribution in [-0.2, 0) is 11.0 Å². The predicted molar refractivity (Wildman–Crippen MR) is 108 cm³/mol. The van der Waals surface area contributed by atoms with E-state index < -0.39 is 17.6 Å². The van der Waals surface area contributed by atoms with Gasteiger partial charge in [-0.15, -0.1) is 0 Å². The zero-order chi connectivity index (χ0) is 22.4.